The molecule has 0 aromatic carbocycles. The normalized spacial score (nSPS) is 15.1. The summed E-state index contributed by atoms with van der Waals surface area (Å²) in [6, 6.07) is 4.41. The van der Waals surface area contributed by atoms with Crippen LogP contribution >= 0.6 is 0 Å². The quantitative estimate of drug-likeness (QED) is 0.822. The Bertz CT molecular complexity index is 381. The van der Waals surface area contributed by atoms with Crippen molar-refractivity contribution in [2.45, 2.75) is 60.1 Å². The first-order valence-corrected chi connectivity index (χ1v) is 7.67. The van der Waals surface area contributed by atoms with Crippen LogP contribution in [0.2, 0.25) is 0 Å². The van der Waals surface area contributed by atoms with Gasteiger partial charge in [0.25, 0.3) is 0 Å². The molecular formula is C17H30N2O. The Balaban J connectivity index is 3.04. The zero-order chi connectivity index (χ0) is 15.2. The molecule has 0 aliphatic carbocycles. The standard InChI is InChI=1S/C17H30N2O/c1-7-11-18-15(14-10-9-13(3)19-12-14)16(20-8-2)17(4,5)6/h9-10,12,15-16,18H,7-8,11H2,1-6H3. The molecular weight excluding hydrogens is 248 g/mol. The number of hydrogen-bond donors (Lipinski definition) is 1. The van der Waals surface area contributed by atoms with Gasteiger partial charge in [0.1, 0.15) is 0 Å². The van der Waals surface area contributed by atoms with Gasteiger partial charge in [-0.25, -0.2) is 0 Å². The number of aromatic nitrogens is 1. The summed E-state index contributed by atoms with van der Waals surface area (Å²) in [7, 11) is 0. The van der Waals surface area contributed by atoms with E-state index in [0.717, 1.165) is 25.3 Å². The van der Waals surface area contributed by atoms with E-state index in [9.17, 15) is 0 Å². The number of nitrogens with zero attached hydrogens (tertiary/aromatic N) is 1. The zero-order valence-electron chi connectivity index (χ0n) is 13.9. The van der Waals surface area contributed by atoms with Crippen molar-refractivity contribution in [2.24, 2.45) is 5.41 Å². The van der Waals surface area contributed by atoms with Crippen LogP contribution in [0.1, 0.15) is 58.3 Å². The molecule has 0 radical (unpaired) electrons. The number of ether oxygens (including phenoxy) is 1. The number of nitrogens with one attached hydrogen (secondary N) is 1. The van der Waals surface area contributed by atoms with E-state index >= 15 is 0 Å². The minimum Gasteiger partial charge on any atom is -0.376 e. The molecule has 1 aromatic rings. The minimum absolute atomic E-state index is 0.0757. The first-order valence-electron chi connectivity index (χ1n) is 7.67. The van der Waals surface area contributed by atoms with E-state index in [4.69, 9.17) is 4.74 Å². The van der Waals surface area contributed by atoms with Gasteiger partial charge in [-0.05, 0) is 43.9 Å². The topological polar surface area (TPSA) is 34.2 Å². The second kappa shape index (κ2) is 7.75. The van der Waals surface area contributed by atoms with Crippen LogP contribution in [-0.2, 0) is 4.74 Å². The van der Waals surface area contributed by atoms with Crippen molar-refractivity contribution in [1.29, 1.82) is 0 Å². The molecule has 2 atom stereocenters. The van der Waals surface area contributed by atoms with Gasteiger partial charge in [-0.15, -0.1) is 0 Å². The molecule has 1 aromatic heterocycles. The van der Waals surface area contributed by atoms with E-state index in [1.807, 2.05) is 13.1 Å². The van der Waals surface area contributed by atoms with Crippen molar-refractivity contribution in [2.75, 3.05) is 13.2 Å². The highest BCUT2D eigenvalue weighted by Gasteiger charge is 2.33. The second-order valence-corrected chi connectivity index (χ2v) is 6.41. The van der Waals surface area contributed by atoms with Gasteiger partial charge < -0.3 is 10.1 Å². The summed E-state index contributed by atoms with van der Waals surface area (Å²) in [6.45, 7) is 14.7. The van der Waals surface area contributed by atoms with Gasteiger partial charge in [0, 0.05) is 18.5 Å². The van der Waals surface area contributed by atoms with Crippen LogP contribution in [0.3, 0.4) is 0 Å². The molecule has 1 heterocycles. The van der Waals surface area contributed by atoms with Gasteiger partial charge in [-0.1, -0.05) is 33.8 Å². The van der Waals surface area contributed by atoms with Crippen molar-refractivity contribution in [3.05, 3.63) is 29.6 Å². The largest absolute Gasteiger partial charge is 0.376 e. The summed E-state index contributed by atoms with van der Waals surface area (Å²) in [6.07, 6.45) is 3.21. The Hall–Kier alpha value is -0.930. The predicted octanol–water partition coefficient (Wildman–Crippen LogP) is 3.88. The van der Waals surface area contributed by atoms with E-state index in [-0.39, 0.29) is 17.6 Å². The SMILES string of the molecule is CCCNC(c1ccc(C)nc1)C(OCC)C(C)(C)C. The van der Waals surface area contributed by atoms with Crippen molar-refractivity contribution in [3.63, 3.8) is 0 Å². The summed E-state index contributed by atoms with van der Waals surface area (Å²) >= 11 is 0. The minimum atomic E-state index is 0.0757. The molecule has 2 unspecified atom stereocenters. The summed E-state index contributed by atoms with van der Waals surface area (Å²) in [5, 5.41) is 3.63. The van der Waals surface area contributed by atoms with Crippen LogP contribution in [0.4, 0.5) is 0 Å². The molecule has 20 heavy (non-hydrogen) atoms. The fourth-order valence-electron chi connectivity index (χ4n) is 2.39. The first-order chi connectivity index (χ1) is 9.40. The van der Waals surface area contributed by atoms with Gasteiger partial charge in [0.05, 0.1) is 12.1 Å². The molecule has 0 fully saturated rings. The molecule has 1 N–H and O–H groups in total. The lowest BCUT2D eigenvalue weighted by atomic mass is 9.82. The first kappa shape index (κ1) is 17.1. The zero-order valence-corrected chi connectivity index (χ0v) is 13.9. The molecule has 3 nitrogen and oxygen atoms in total. The predicted molar refractivity (Wildman–Crippen MR) is 84.9 cm³/mol. The number of hydrogen-bond acceptors (Lipinski definition) is 3. The molecule has 0 aliphatic heterocycles. The number of aryl methyl sites for hydroxylation is 1. The maximum absolute atomic E-state index is 6.06. The Morgan fingerprint density at radius 2 is 1.95 bits per heavy atom. The van der Waals surface area contributed by atoms with E-state index in [2.05, 4.69) is 57.1 Å². The molecule has 0 spiro atoms. The lowest BCUT2D eigenvalue weighted by molar-refractivity contribution is -0.0366. The van der Waals surface area contributed by atoms with E-state index < -0.39 is 0 Å². The molecule has 0 aliphatic rings. The van der Waals surface area contributed by atoms with Gasteiger partial charge in [0.15, 0.2) is 0 Å². The summed E-state index contributed by atoms with van der Waals surface area (Å²) < 4.78 is 6.06. The van der Waals surface area contributed by atoms with Crippen LogP contribution in [-0.4, -0.2) is 24.2 Å². The highest BCUT2D eigenvalue weighted by Crippen LogP contribution is 2.32. The summed E-state index contributed by atoms with van der Waals surface area (Å²) in [4.78, 5) is 4.44. The van der Waals surface area contributed by atoms with Crippen molar-refractivity contribution >= 4 is 0 Å². The third kappa shape index (κ3) is 4.88. The average Bonchev–Trinajstić information content (AvgIpc) is 2.38. The highest BCUT2D eigenvalue weighted by molar-refractivity contribution is 5.19. The molecule has 0 saturated carbocycles. The Morgan fingerprint density at radius 3 is 2.40 bits per heavy atom. The number of pyridine rings is 1. The van der Waals surface area contributed by atoms with Gasteiger partial charge in [-0.2, -0.15) is 0 Å². The fourth-order valence-corrected chi connectivity index (χ4v) is 2.39. The lowest BCUT2D eigenvalue weighted by Gasteiger charge is -2.37. The Labute approximate surface area is 124 Å². The molecule has 0 amide bonds. The third-order valence-electron chi connectivity index (χ3n) is 3.41. The molecule has 1 rings (SSSR count). The average molecular weight is 278 g/mol. The summed E-state index contributed by atoms with van der Waals surface area (Å²) in [5.74, 6) is 0. The molecule has 114 valence electrons. The van der Waals surface area contributed by atoms with Crippen molar-refractivity contribution in [3.8, 4) is 0 Å². The molecule has 0 saturated heterocycles. The lowest BCUT2D eigenvalue weighted by Crippen LogP contribution is -2.42. The van der Waals surface area contributed by atoms with Gasteiger partial charge in [-0.3, -0.25) is 4.98 Å². The second-order valence-electron chi connectivity index (χ2n) is 6.41. The fraction of sp³-hybridized carbons (Fsp3) is 0.706. The maximum atomic E-state index is 6.06. The van der Waals surface area contributed by atoms with Crippen LogP contribution in [0, 0.1) is 12.3 Å². The molecule has 0 bridgehead atoms. The maximum Gasteiger partial charge on any atom is 0.0818 e. The van der Waals surface area contributed by atoms with Crippen molar-refractivity contribution < 1.29 is 4.74 Å². The highest BCUT2D eigenvalue weighted by atomic mass is 16.5. The van der Waals surface area contributed by atoms with Crippen LogP contribution < -0.4 is 5.32 Å². The summed E-state index contributed by atoms with van der Waals surface area (Å²) in [5.41, 5.74) is 2.33. The third-order valence-corrected chi connectivity index (χ3v) is 3.41. The van der Waals surface area contributed by atoms with E-state index in [0.29, 0.717) is 0 Å². The van der Waals surface area contributed by atoms with Gasteiger partial charge >= 0.3 is 0 Å². The Morgan fingerprint density at radius 1 is 1.25 bits per heavy atom. The Kier molecular flexibility index (Phi) is 6.63. The molecule has 3 heteroatoms. The number of rotatable bonds is 7. The van der Waals surface area contributed by atoms with Gasteiger partial charge in [0.2, 0.25) is 0 Å². The van der Waals surface area contributed by atoms with Crippen molar-refractivity contribution in [1.82, 2.24) is 10.3 Å². The monoisotopic (exact) mass is 278 g/mol. The van der Waals surface area contributed by atoms with Crippen LogP contribution in [0.5, 0.6) is 0 Å². The van der Waals surface area contributed by atoms with Crippen LogP contribution in [0.25, 0.3) is 0 Å². The smallest absolute Gasteiger partial charge is 0.0818 e. The van der Waals surface area contributed by atoms with E-state index in [1.165, 1.54) is 5.56 Å². The van der Waals surface area contributed by atoms with Crippen LogP contribution in [0.15, 0.2) is 18.3 Å². The van der Waals surface area contributed by atoms with E-state index in [1.54, 1.807) is 0 Å².